The van der Waals surface area contributed by atoms with E-state index in [1.165, 1.54) is 12.8 Å². The third kappa shape index (κ3) is 3.40. The summed E-state index contributed by atoms with van der Waals surface area (Å²) in [5.41, 5.74) is 2.30. The summed E-state index contributed by atoms with van der Waals surface area (Å²) in [4.78, 5) is 17.5. The Morgan fingerprint density at radius 1 is 1.00 bits per heavy atom. The first-order valence-electron chi connectivity index (χ1n) is 9.86. The Bertz CT molecular complexity index is 993. The zero-order chi connectivity index (χ0) is 19.8. The van der Waals surface area contributed by atoms with Gasteiger partial charge in [-0.25, -0.2) is 15.0 Å². The van der Waals surface area contributed by atoms with Crippen molar-refractivity contribution < 1.29 is 5.11 Å². The lowest BCUT2D eigenvalue weighted by Crippen LogP contribution is -2.60. The number of hydrogen-bond donors (Lipinski definition) is 1. The summed E-state index contributed by atoms with van der Waals surface area (Å²) in [5, 5.41) is 19.1. The SMILES string of the molecule is CN1CCC2(CC1)CN(c1ncc(-c3ccc(-c4ncccn4)cc3O)nn1)C2. The van der Waals surface area contributed by atoms with Crippen molar-refractivity contribution in [2.24, 2.45) is 5.41 Å². The molecule has 8 nitrogen and oxygen atoms in total. The Kier molecular flexibility index (Phi) is 4.35. The lowest BCUT2D eigenvalue weighted by Gasteiger charge is -2.53. The Morgan fingerprint density at radius 2 is 1.76 bits per heavy atom. The second-order valence-corrected chi connectivity index (χ2v) is 8.11. The summed E-state index contributed by atoms with van der Waals surface area (Å²) in [6, 6.07) is 7.05. The van der Waals surface area contributed by atoms with E-state index in [4.69, 9.17) is 0 Å². The maximum atomic E-state index is 10.5. The van der Waals surface area contributed by atoms with Crippen molar-refractivity contribution in [2.75, 3.05) is 38.1 Å². The average Bonchev–Trinajstić information content (AvgIpc) is 2.74. The molecule has 0 aliphatic carbocycles. The van der Waals surface area contributed by atoms with E-state index in [-0.39, 0.29) is 5.75 Å². The quantitative estimate of drug-likeness (QED) is 0.729. The molecule has 1 spiro atoms. The topological polar surface area (TPSA) is 91.2 Å². The molecule has 2 aliphatic heterocycles. The van der Waals surface area contributed by atoms with Crippen molar-refractivity contribution in [3.63, 3.8) is 0 Å². The second-order valence-electron chi connectivity index (χ2n) is 8.11. The van der Waals surface area contributed by atoms with Crippen LogP contribution in [0.1, 0.15) is 12.8 Å². The predicted octanol–water partition coefficient (Wildman–Crippen LogP) is 2.23. The second kappa shape index (κ2) is 7.04. The van der Waals surface area contributed by atoms with Gasteiger partial charge in [0.25, 0.3) is 0 Å². The number of likely N-dealkylation sites (tertiary alicyclic amines) is 1. The van der Waals surface area contributed by atoms with Crippen molar-refractivity contribution in [1.82, 2.24) is 30.0 Å². The maximum Gasteiger partial charge on any atom is 0.245 e. The molecule has 5 rings (SSSR count). The molecule has 0 radical (unpaired) electrons. The van der Waals surface area contributed by atoms with Crippen molar-refractivity contribution in [3.8, 4) is 28.4 Å². The Morgan fingerprint density at radius 3 is 2.41 bits per heavy atom. The summed E-state index contributed by atoms with van der Waals surface area (Å²) < 4.78 is 0. The maximum absolute atomic E-state index is 10.5. The molecule has 0 unspecified atom stereocenters. The molecule has 148 valence electrons. The van der Waals surface area contributed by atoms with Crippen molar-refractivity contribution in [2.45, 2.75) is 12.8 Å². The third-order valence-corrected chi connectivity index (χ3v) is 6.03. The highest BCUT2D eigenvalue weighted by molar-refractivity contribution is 5.71. The lowest BCUT2D eigenvalue weighted by molar-refractivity contribution is 0.0893. The van der Waals surface area contributed by atoms with Crippen molar-refractivity contribution >= 4 is 5.95 Å². The smallest absolute Gasteiger partial charge is 0.245 e. The van der Waals surface area contributed by atoms with E-state index >= 15 is 0 Å². The lowest BCUT2D eigenvalue weighted by atomic mass is 9.72. The van der Waals surface area contributed by atoms with Crippen LogP contribution in [0.3, 0.4) is 0 Å². The van der Waals surface area contributed by atoms with Crippen LogP contribution in [0, 0.1) is 5.41 Å². The zero-order valence-electron chi connectivity index (χ0n) is 16.4. The number of aromatic hydroxyl groups is 1. The van der Waals surface area contributed by atoms with E-state index in [0.717, 1.165) is 31.7 Å². The van der Waals surface area contributed by atoms with Crippen LogP contribution in [-0.4, -0.2) is 68.4 Å². The van der Waals surface area contributed by atoms with Gasteiger partial charge in [0.15, 0.2) is 5.82 Å². The van der Waals surface area contributed by atoms with Crippen LogP contribution in [0.15, 0.2) is 42.9 Å². The average molecular weight is 389 g/mol. The van der Waals surface area contributed by atoms with E-state index in [1.54, 1.807) is 36.8 Å². The number of hydrogen-bond acceptors (Lipinski definition) is 8. The van der Waals surface area contributed by atoms with Gasteiger partial charge in [-0.3, -0.25) is 0 Å². The molecule has 2 aliphatic rings. The highest BCUT2D eigenvalue weighted by atomic mass is 16.3. The fourth-order valence-electron chi connectivity index (χ4n) is 4.19. The van der Waals surface area contributed by atoms with Crippen LogP contribution in [0.25, 0.3) is 22.6 Å². The summed E-state index contributed by atoms with van der Waals surface area (Å²) >= 11 is 0. The fourth-order valence-corrected chi connectivity index (χ4v) is 4.19. The normalized spacial score (nSPS) is 18.6. The summed E-state index contributed by atoms with van der Waals surface area (Å²) in [6.45, 7) is 4.32. The van der Waals surface area contributed by atoms with Crippen LogP contribution in [0.4, 0.5) is 5.95 Å². The highest BCUT2D eigenvalue weighted by Gasteiger charge is 2.45. The fraction of sp³-hybridized carbons (Fsp3) is 0.381. The number of benzene rings is 1. The monoisotopic (exact) mass is 389 g/mol. The van der Waals surface area contributed by atoms with Gasteiger partial charge in [0.2, 0.25) is 5.95 Å². The molecular formula is C21H23N7O. The van der Waals surface area contributed by atoms with Gasteiger partial charge in [0.1, 0.15) is 11.4 Å². The van der Waals surface area contributed by atoms with Gasteiger partial charge in [-0.2, -0.15) is 0 Å². The zero-order valence-corrected chi connectivity index (χ0v) is 16.4. The molecule has 0 bridgehead atoms. The van der Waals surface area contributed by atoms with E-state index in [2.05, 4.69) is 42.0 Å². The van der Waals surface area contributed by atoms with Gasteiger partial charge in [-0.15, -0.1) is 10.2 Å². The summed E-state index contributed by atoms with van der Waals surface area (Å²) in [6.07, 6.45) is 7.49. The standard InChI is InChI=1S/C21H23N7O/c1-27-9-5-21(6-10-27)13-28(14-21)20-24-12-17(25-26-20)16-4-3-15(11-18(16)29)19-22-7-2-8-23-19/h2-4,7-8,11-12,29H,5-6,9-10,13-14H2,1H3. The molecule has 4 heterocycles. The van der Waals surface area contributed by atoms with E-state index in [9.17, 15) is 5.11 Å². The Hall–Kier alpha value is -3.13. The molecule has 2 saturated heterocycles. The molecule has 1 aromatic carbocycles. The first-order valence-corrected chi connectivity index (χ1v) is 9.86. The molecule has 0 amide bonds. The van der Waals surface area contributed by atoms with E-state index in [1.807, 2.05) is 6.07 Å². The molecule has 8 heteroatoms. The van der Waals surface area contributed by atoms with Gasteiger partial charge in [-0.1, -0.05) is 6.07 Å². The minimum atomic E-state index is 0.105. The van der Waals surface area contributed by atoms with Gasteiger partial charge in [0, 0.05) is 42.0 Å². The van der Waals surface area contributed by atoms with Crippen LogP contribution >= 0.6 is 0 Å². The van der Waals surface area contributed by atoms with Crippen molar-refractivity contribution in [3.05, 3.63) is 42.9 Å². The van der Waals surface area contributed by atoms with Crippen molar-refractivity contribution in [1.29, 1.82) is 0 Å². The van der Waals surface area contributed by atoms with Gasteiger partial charge >= 0.3 is 0 Å². The number of phenolic OH excluding ortho intramolecular Hbond substituents is 1. The van der Waals surface area contributed by atoms with Gasteiger partial charge in [-0.05, 0) is 51.2 Å². The number of rotatable bonds is 3. The molecule has 3 aromatic rings. The molecule has 29 heavy (non-hydrogen) atoms. The number of piperidine rings is 1. The number of phenols is 1. The Labute approximate surface area is 169 Å². The summed E-state index contributed by atoms with van der Waals surface area (Å²) in [5.74, 6) is 1.33. The number of anilines is 1. The highest BCUT2D eigenvalue weighted by Crippen LogP contribution is 2.41. The number of aromatic nitrogens is 5. The first kappa shape index (κ1) is 17.9. The largest absolute Gasteiger partial charge is 0.507 e. The molecule has 0 atom stereocenters. The van der Waals surface area contributed by atoms with Crippen LogP contribution in [0.2, 0.25) is 0 Å². The van der Waals surface area contributed by atoms with Gasteiger partial charge < -0.3 is 14.9 Å². The minimum Gasteiger partial charge on any atom is -0.507 e. The Balaban J connectivity index is 1.30. The van der Waals surface area contributed by atoms with Crippen LogP contribution in [0.5, 0.6) is 5.75 Å². The van der Waals surface area contributed by atoms with E-state index < -0.39 is 0 Å². The minimum absolute atomic E-state index is 0.105. The van der Waals surface area contributed by atoms with Crippen LogP contribution < -0.4 is 4.90 Å². The molecule has 2 aromatic heterocycles. The van der Waals surface area contributed by atoms with Crippen LogP contribution in [-0.2, 0) is 0 Å². The molecule has 1 N–H and O–H groups in total. The molecule has 0 saturated carbocycles. The first-order chi connectivity index (χ1) is 14.1. The predicted molar refractivity (Wildman–Crippen MR) is 109 cm³/mol. The van der Waals surface area contributed by atoms with Gasteiger partial charge in [0.05, 0.1) is 6.20 Å². The van der Waals surface area contributed by atoms with E-state index in [0.29, 0.717) is 28.4 Å². The third-order valence-electron chi connectivity index (χ3n) is 6.03. The molecule has 2 fully saturated rings. The summed E-state index contributed by atoms with van der Waals surface area (Å²) in [7, 11) is 2.18. The number of nitrogens with zero attached hydrogens (tertiary/aromatic N) is 7. The molecular weight excluding hydrogens is 366 g/mol.